The summed E-state index contributed by atoms with van der Waals surface area (Å²) in [6.07, 6.45) is 0. The van der Waals surface area contributed by atoms with Crippen molar-refractivity contribution in [3.63, 3.8) is 0 Å². The van der Waals surface area contributed by atoms with Gasteiger partial charge in [0.1, 0.15) is 10.6 Å². The Labute approximate surface area is 138 Å². The van der Waals surface area contributed by atoms with Crippen LogP contribution in [0.25, 0.3) is 0 Å². The summed E-state index contributed by atoms with van der Waals surface area (Å²) in [6.45, 7) is 7.49. The van der Waals surface area contributed by atoms with E-state index in [-0.39, 0.29) is 4.90 Å². The molecule has 0 fully saturated rings. The van der Waals surface area contributed by atoms with Crippen LogP contribution < -0.4 is 9.46 Å². The number of hydrogen-bond donors (Lipinski definition) is 1. The van der Waals surface area contributed by atoms with E-state index in [1.165, 1.54) is 7.11 Å². The highest BCUT2D eigenvalue weighted by atomic mass is 32.2. The molecule has 0 heterocycles. The van der Waals surface area contributed by atoms with Crippen molar-refractivity contribution in [1.82, 2.24) is 4.72 Å². The van der Waals surface area contributed by atoms with Crippen molar-refractivity contribution < 1.29 is 13.2 Å². The minimum absolute atomic E-state index is 0.159. The summed E-state index contributed by atoms with van der Waals surface area (Å²) in [6, 6.07) is 12.9. The molecular formula is C18H23NO3S. The molecule has 4 nitrogen and oxygen atoms in total. The molecule has 2 aromatic carbocycles. The second-order valence-corrected chi connectivity index (χ2v) is 7.83. The van der Waals surface area contributed by atoms with Crippen molar-refractivity contribution in [3.8, 4) is 5.75 Å². The van der Waals surface area contributed by atoms with Crippen molar-refractivity contribution in [2.45, 2.75) is 38.1 Å². The minimum Gasteiger partial charge on any atom is -0.495 e. The van der Waals surface area contributed by atoms with Crippen LogP contribution in [-0.4, -0.2) is 15.5 Å². The zero-order valence-electron chi connectivity index (χ0n) is 14.2. The highest BCUT2D eigenvalue weighted by Gasteiger charge is 2.30. The van der Waals surface area contributed by atoms with Crippen molar-refractivity contribution in [3.05, 3.63) is 59.2 Å². The van der Waals surface area contributed by atoms with Crippen LogP contribution in [0.15, 0.2) is 47.4 Å². The summed E-state index contributed by atoms with van der Waals surface area (Å²) in [7, 11) is -2.25. The molecule has 2 aromatic rings. The van der Waals surface area contributed by atoms with E-state index in [0.717, 1.165) is 16.7 Å². The lowest BCUT2D eigenvalue weighted by molar-refractivity contribution is 0.400. The number of hydrogen-bond acceptors (Lipinski definition) is 3. The summed E-state index contributed by atoms with van der Waals surface area (Å²) in [4.78, 5) is 0.159. The summed E-state index contributed by atoms with van der Waals surface area (Å²) < 4.78 is 33.8. The van der Waals surface area contributed by atoms with Gasteiger partial charge in [0, 0.05) is 0 Å². The maximum atomic E-state index is 12.9. The molecule has 0 radical (unpaired) electrons. The Morgan fingerprint density at radius 2 is 1.57 bits per heavy atom. The van der Waals surface area contributed by atoms with Crippen molar-refractivity contribution in [2.24, 2.45) is 0 Å². The molecule has 0 aliphatic carbocycles. The quantitative estimate of drug-likeness (QED) is 0.911. The Kier molecular flexibility index (Phi) is 4.82. The Balaban J connectivity index is 2.46. The third-order valence-corrected chi connectivity index (χ3v) is 5.63. The summed E-state index contributed by atoms with van der Waals surface area (Å²) in [5, 5.41) is 0. The van der Waals surface area contributed by atoms with Crippen LogP contribution in [0, 0.1) is 13.8 Å². The number of nitrogens with one attached hydrogen (secondary N) is 1. The van der Waals surface area contributed by atoms with E-state index in [4.69, 9.17) is 4.74 Å². The first-order valence-corrected chi connectivity index (χ1v) is 8.90. The fourth-order valence-electron chi connectivity index (χ4n) is 2.44. The zero-order valence-corrected chi connectivity index (χ0v) is 15.0. The molecule has 0 unspecified atom stereocenters. The van der Waals surface area contributed by atoms with E-state index in [2.05, 4.69) is 4.72 Å². The maximum Gasteiger partial charge on any atom is 0.245 e. The second-order valence-electron chi connectivity index (χ2n) is 6.18. The number of ether oxygens (including phenoxy) is 1. The molecule has 0 saturated heterocycles. The van der Waals surface area contributed by atoms with E-state index in [1.807, 2.05) is 58.0 Å². The highest BCUT2D eigenvalue weighted by molar-refractivity contribution is 7.89. The Hall–Kier alpha value is -1.85. The van der Waals surface area contributed by atoms with Gasteiger partial charge >= 0.3 is 0 Å². The van der Waals surface area contributed by atoms with Crippen LogP contribution in [-0.2, 0) is 15.6 Å². The first kappa shape index (κ1) is 17.5. The number of sulfonamides is 1. The highest BCUT2D eigenvalue weighted by Crippen LogP contribution is 2.30. The van der Waals surface area contributed by atoms with E-state index >= 15 is 0 Å². The molecule has 23 heavy (non-hydrogen) atoms. The number of methoxy groups -OCH3 is 1. The molecule has 124 valence electrons. The average molecular weight is 333 g/mol. The van der Waals surface area contributed by atoms with Gasteiger partial charge in [-0.05, 0) is 56.5 Å². The zero-order chi connectivity index (χ0) is 17.3. The Morgan fingerprint density at radius 1 is 1.00 bits per heavy atom. The van der Waals surface area contributed by atoms with Crippen molar-refractivity contribution in [1.29, 1.82) is 0 Å². The van der Waals surface area contributed by atoms with Gasteiger partial charge in [0.15, 0.2) is 0 Å². The lowest BCUT2D eigenvalue weighted by Crippen LogP contribution is -2.41. The molecule has 0 amide bonds. The predicted octanol–water partition coefficient (Wildman–Crippen LogP) is 3.53. The Morgan fingerprint density at radius 3 is 2.13 bits per heavy atom. The van der Waals surface area contributed by atoms with Crippen LogP contribution in [0.4, 0.5) is 0 Å². The van der Waals surface area contributed by atoms with E-state index in [9.17, 15) is 8.42 Å². The van der Waals surface area contributed by atoms with Crippen LogP contribution in [0.1, 0.15) is 30.5 Å². The summed E-state index contributed by atoms with van der Waals surface area (Å²) >= 11 is 0. The van der Waals surface area contributed by atoms with Gasteiger partial charge in [0.05, 0.1) is 12.6 Å². The third-order valence-electron chi connectivity index (χ3n) is 3.95. The van der Waals surface area contributed by atoms with Gasteiger partial charge in [-0.25, -0.2) is 13.1 Å². The third kappa shape index (κ3) is 3.74. The monoisotopic (exact) mass is 333 g/mol. The van der Waals surface area contributed by atoms with Crippen LogP contribution in [0.3, 0.4) is 0 Å². The van der Waals surface area contributed by atoms with Gasteiger partial charge in [0.2, 0.25) is 10.0 Å². The fourth-order valence-corrected chi connectivity index (χ4v) is 4.08. The van der Waals surface area contributed by atoms with E-state index in [1.54, 1.807) is 12.1 Å². The molecule has 5 heteroatoms. The SMILES string of the molecule is COc1cc(C)c(C)cc1S(=O)(=O)NC(C)(C)c1ccccc1. The lowest BCUT2D eigenvalue weighted by atomic mass is 9.96. The molecule has 0 bridgehead atoms. The van der Waals surface area contributed by atoms with Gasteiger partial charge in [0.25, 0.3) is 0 Å². The first-order valence-electron chi connectivity index (χ1n) is 7.42. The molecule has 1 N–H and O–H groups in total. The van der Waals surface area contributed by atoms with Crippen LogP contribution in [0.2, 0.25) is 0 Å². The largest absolute Gasteiger partial charge is 0.495 e. The normalized spacial score (nSPS) is 12.2. The standard InChI is InChI=1S/C18H23NO3S/c1-13-11-16(22-5)17(12-14(13)2)23(20,21)19-18(3,4)15-9-7-6-8-10-15/h6-12,19H,1-5H3. The van der Waals surface area contributed by atoms with Crippen molar-refractivity contribution >= 4 is 10.0 Å². The summed E-state index contributed by atoms with van der Waals surface area (Å²) in [5.74, 6) is 0.351. The van der Waals surface area contributed by atoms with Gasteiger partial charge in [-0.15, -0.1) is 0 Å². The molecule has 2 rings (SSSR count). The minimum atomic E-state index is -3.72. The fraction of sp³-hybridized carbons (Fsp3) is 0.333. The van der Waals surface area contributed by atoms with Gasteiger partial charge in [-0.3, -0.25) is 0 Å². The lowest BCUT2D eigenvalue weighted by Gasteiger charge is -2.27. The van der Waals surface area contributed by atoms with Crippen LogP contribution in [0.5, 0.6) is 5.75 Å². The van der Waals surface area contributed by atoms with Gasteiger partial charge < -0.3 is 4.74 Å². The molecule has 0 atom stereocenters. The number of aryl methyl sites for hydroxylation is 2. The Bertz CT molecular complexity index is 797. The molecule has 0 saturated carbocycles. The molecule has 0 spiro atoms. The summed E-state index contributed by atoms with van der Waals surface area (Å²) in [5.41, 5.74) is 2.06. The number of rotatable bonds is 5. The van der Waals surface area contributed by atoms with Crippen molar-refractivity contribution in [2.75, 3.05) is 7.11 Å². The molecule has 0 aliphatic rings. The van der Waals surface area contributed by atoms with Gasteiger partial charge in [-0.1, -0.05) is 30.3 Å². The van der Waals surface area contributed by atoms with E-state index in [0.29, 0.717) is 5.75 Å². The van der Waals surface area contributed by atoms with Crippen LogP contribution >= 0.6 is 0 Å². The topological polar surface area (TPSA) is 55.4 Å². The smallest absolute Gasteiger partial charge is 0.245 e. The number of benzene rings is 2. The molecular weight excluding hydrogens is 310 g/mol. The van der Waals surface area contributed by atoms with Gasteiger partial charge in [-0.2, -0.15) is 0 Å². The average Bonchev–Trinajstić information content (AvgIpc) is 2.49. The molecule has 0 aromatic heterocycles. The molecule has 0 aliphatic heterocycles. The second kappa shape index (κ2) is 6.34. The predicted molar refractivity (Wildman–Crippen MR) is 92.3 cm³/mol. The van der Waals surface area contributed by atoms with E-state index < -0.39 is 15.6 Å². The first-order chi connectivity index (χ1) is 10.7. The maximum absolute atomic E-state index is 12.9.